The van der Waals surface area contributed by atoms with Crippen LogP contribution in [0.25, 0.3) is 0 Å². The molecular weight excluding hydrogens is 446 g/mol. The van der Waals surface area contributed by atoms with Crippen LogP contribution in [-0.4, -0.2) is 31.3 Å². The van der Waals surface area contributed by atoms with Crippen LogP contribution in [-0.2, 0) is 19.4 Å². The Hall–Kier alpha value is -3.66. The molecule has 2 heterocycles. The number of ether oxygens (including phenoxy) is 2. The molecular formula is C23H23N3O6S. The number of amides is 1. The fourth-order valence-corrected chi connectivity index (χ4v) is 5.05. The van der Waals surface area contributed by atoms with E-state index in [0.29, 0.717) is 22.1 Å². The second-order valence-corrected chi connectivity index (χ2v) is 8.52. The zero-order valence-electron chi connectivity index (χ0n) is 18.3. The summed E-state index contributed by atoms with van der Waals surface area (Å²) >= 11 is 1.46. The number of methoxy groups -OCH3 is 2. The average Bonchev–Trinajstić information content (AvgIpc) is 3.48. The van der Waals surface area contributed by atoms with Crippen molar-refractivity contribution in [1.29, 1.82) is 0 Å². The predicted molar refractivity (Wildman–Crippen MR) is 124 cm³/mol. The van der Waals surface area contributed by atoms with Gasteiger partial charge in [-0.25, -0.2) is 4.99 Å². The van der Waals surface area contributed by atoms with Crippen molar-refractivity contribution in [3.63, 3.8) is 0 Å². The molecule has 172 valence electrons. The molecule has 0 spiro atoms. The van der Waals surface area contributed by atoms with Crippen molar-refractivity contribution >= 4 is 34.1 Å². The van der Waals surface area contributed by atoms with Gasteiger partial charge in [0.2, 0.25) is 0 Å². The molecule has 1 aromatic carbocycles. The minimum absolute atomic E-state index is 0.165. The smallest absolute Gasteiger partial charge is 0.282 e. The Morgan fingerprint density at radius 1 is 1.27 bits per heavy atom. The van der Waals surface area contributed by atoms with E-state index in [2.05, 4.69) is 10.3 Å². The van der Waals surface area contributed by atoms with Crippen LogP contribution in [0.15, 0.2) is 39.9 Å². The Kier molecular flexibility index (Phi) is 6.74. The van der Waals surface area contributed by atoms with Gasteiger partial charge in [-0.05, 0) is 49.4 Å². The van der Waals surface area contributed by atoms with Gasteiger partial charge in [0.25, 0.3) is 11.6 Å². The SMILES string of the molecule is COc1cc(C=Nc2sc3c(c2C(=O)NCc2ccco2)CCCC3)c([N+](=O)[O-])cc1OC. The number of rotatable bonds is 8. The Bertz CT molecular complexity index is 1200. The number of aliphatic imine (C=N–C) groups is 1. The molecule has 3 aromatic rings. The first kappa shape index (κ1) is 22.5. The van der Waals surface area contributed by atoms with Gasteiger partial charge in [-0.15, -0.1) is 11.3 Å². The predicted octanol–water partition coefficient (Wildman–Crippen LogP) is 4.83. The van der Waals surface area contributed by atoms with Crippen molar-refractivity contribution in [2.24, 2.45) is 4.99 Å². The highest BCUT2D eigenvalue weighted by Crippen LogP contribution is 2.40. The van der Waals surface area contributed by atoms with Gasteiger partial charge in [0.1, 0.15) is 10.8 Å². The van der Waals surface area contributed by atoms with Gasteiger partial charge in [-0.2, -0.15) is 0 Å². The van der Waals surface area contributed by atoms with E-state index >= 15 is 0 Å². The summed E-state index contributed by atoms with van der Waals surface area (Å²) in [5, 5.41) is 15.0. The Morgan fingerprint density at radius 3 is 2.73 bits per heavy atom. The maximum absolute atomic E-state index is 13.1. The standard InChI is InChI=1S/C23H23N3O6S/c1-30-18-10-14(17(26(28)29)11-19(18)31-2)12-25-23-21(16-7-3-4-8-20(16)33-23)22(27)24-13-15-6-5-9-32-15/h5-6,9-12H,3-4,7-8,13H2,1-2H3,(H,24,27). The Labute approximate surface area is 194 Å². The lowest BCUT2D eigenvalue weighted by Gasteiger charge is -2.12. The van der Waals surface area contributed by atoms with Crippen LogP contribution in [0, 0.1) is 10.1 Å². The minimum Gasteiger partial charge on any atom is -0.493 e. The second-order valence-electron chi connectivity index (χ2n) is 7.43. The van der Waals surface area contributed by atoms with Crippen molar-refractivity contribution in [3.05, 3.63) is 68.0 Å². The molecule has 0 atom stereocenters. The molecule has 9 nitrogen and oxygen atoms in total. The quantitative estimate of drug-likeness (QED) is 0.287. The normalized spacial score (nSPS) is 13.0. The van der Waals surface area contributed by atoms with Crippen LogP contribution in [0.3, 0.4) is 0 Å². The fourth-order valence-electron chi connectivity index (χ4n) is 3.82. The summed E-state index contributed by atoms with van der Waals surface area (Å²) in [5.74, 6) is 1.02. The second kappa shape index (κ2) is 9.86. The number of nitrogens with zero attached hydrogens (tertiary/aromatic N) is 2. The van der Waals surface area contributed by atoms with E-state index in [9.17, 15) is 14.9 Å². The Balaban J connectivity index is 1.70. The van der Waals surface area contributed by atoms with Crippen molar-refractivity contribution in [2.45, 2.75) is 32.2 Å². The largest absolute Gasteiger partial charge is 0.493 e. The number of nitrogens with one attached hydrogen (secondary N) is 1. The van der Waals surface area contributed by atoms with E-state index < -0.39 is 4.92 Å². The third-order valence-corrected chi connectivity index (χ3v) is 6.63. The van der Waals surface area contributed by atoms with E-state index in [-0.39, 0.29) is 29.5 Å². The summed E-state index contributed by atoms with van der Waals surface area (Å²) < 4.78 is 15.8. The Morgan fingerprint density at radius 2 is 2.03 bits per heavy atom. The summed E-state index contributed by atoms with van der Waals surface area (Å²) in [5.41, 5.74) is 1.63. The molecule has 33 heavy (non-hydrogen) atoms. The maximum Gasteiger partial charge on any atom is 0.282 e. The van der Waals surface area contributed by atoms with Gasteiger partial charge < -0.3 is 19.2 Å². The number of thiophene rings is 1. The first-order valence-corrected chi connectivity index (χ1v) is 11.2. The van der Waals surface area contributed by atoms with Crippen molar-refractivity contribution in [2.75, 3.05) is 14.2 Å². The number of carbonyl (C=O) groups excluding carboxylic acids is 1. The zero-order valence-corrected chi connectivity index (χ0v) is 19.1. The highest BCUT2D eigenvalue weighted by atomic mass is 32.1. The third kappa shape index (κ3) is 4.75. The van der Waals surface area contributed by atoms with Crippen LogP contribution in [0.1, 0.15) is 45.0 Å². The molecule has 10 heteroatoms. The van der Waals surface area contributed by atoms with Crippen LogP contribution in [0.5, 0.6) is 11.5 Å². The number of hydrogen-bond donors (Lipinski definition) is 1. The molecule has 1 aliphatic carbocycles. The number of furan rings is 1. The molecule has 0 bridgehead atoms. The highest BCUT2D eigenvalue weighted by Gasteiger charge is 2.26. The zero-order chi connectivity index (χ0) is 23.4. The van der Waals surface area contributed by atoms with Crippen LogP contribution in [0.2, 0.25) is 0 Å². The van der Waals surface area contributed by atoms with E-state index in [1.807, 2.05) is 0 Å². The summed E-state index contributed by atoms with van der Waals surface area (Å²) in [6.45, 7) is 0.265. The van der Waals surface area contributed by atoms with E-state index in [4.69, 9.17) is 13.9 Å². The number of hydrogen-bond acceptors (Lipinski definition) is 8. The maximum atomic E-state index is 13.1. The summed E-state index contributed by atoms with van der Waals surface area (Å²) in [6.07, 6.45) is 6.73. The third-order valence-electron chi connectivity index (χ3n) is 5.43. The number of benzene rings is 1. The summed E-state index contributed by atoms with van der Waals surface area (Å²) in [6, 6.07) is 6.36. The monoisotopic (exact) mass is 469 g/mol. The number of nitro benzene ring substituents is 1. The summed E-state index contributed by atoms with van der Waals surface area (Å²) in [7, 11) is 2.87. The molecule has 1 amide bonds. The number of aryl methyl sites for hydroxylation is 1. The molecule has 0 aliphatic heterocycles. The molecule has 2 aromatic heterocycles. The number of carbonyl (C=O) groups is 1. The van der Waals surface area contributed by atoms with Gasteiger partial charge in [-0.1, -0.05) is 0 Å². The van der Waals surface area contributed by atoms with Crippen LogP contribution < -0.4 is 14.8 Å². The van der Waals surface area contributed by atoms with Gasteiger partial charge in [-0.3, -0.25) is 14.9 Å². The van der Waals surface area contributed by atoms with Crippen LogP contribution >= 0.6 is 11.3 Å². The number of fused-ring (bicyclic) bond motifs is 1. The lowest BCUT2D eigenvalue weighted by Crippen LogP contribution is -2.23. The van der Waals surface area contributed by atoms with Gasteiger partial charge in [0.05, 0.1) is 49.1 Å². The molecule has 1 aliphatic rings. The van der Waals surface area contributed by atoms with Crippen molar-refractivity contribution in [3.8, 4) is 11.5 Å². The molecule has 0 radical (unpaired) electrons. The van der Waals surface area contributed by atoms with Crippen molar-refractivity contribution in [1.82, 2.24) is 5.32 Å². The topological polar surface area (TPSA) is 116 Å². The molecule has 0 unspecified atom stereocenters. The molecule has 1 N–H and O–H groups in total. The molecule has 0 saturated carbocycles. The van der Waals surface area contributed by atoms with Crippen LogP contribution in [0.4, 0.5) is 10.7 Å². The van der Waals surface area contributed by atoms with Gasteiger partial charge in [0.15, 0.2) is 11.5 Å². The highest BCUT2D eigenvalue weighted by molar-refractivity contribution is 7.16. The lowest BCUT2D eigenvalue weighted by atomic mass is 9.95. The van der Waals surface area contributed by atoms with E-state index in [1.165, 1.54) is 43.9 Å². The van der Waals surface area contributed by atoms with Gasteiger partial charge >= 0.3 is 0 Å². The van der Waals surface area contributed by atoms with E-state index in [0.717, 1.165) is 36.1 Å². The lowest BCUT2D eigenvalue weighted by molar-refractivity contribution is -0.385. The first-order chi connectivity index (χ1) is 16.0. The summed E-state index contributed by atoms with van der Waals surface area (Å²) in [4.78, 5) is 29.9. The molecule has 4 rings (SSSR count). The van der Waals surface area contributed by atoms with Crippen molar-refractivity contribution < 1.29 is 23.6 Å². The minimum atomic E-state index is -0.500. The first-order valence-electron chi connectivity index (χ1n) is 10.4. The van der Waals surface area contributed by atoms with Gasteiger partial charge in [0, 0.05) is 11.1 Å². The molecule has 0 fully saturated rings. The average molecular weight is 470 g/mol. The fraction of sp³-hybridized carbons (Fsp3) is 0.304. The van der Waals surface area contributed by atoms with E-state index in [1.54, 1.807) is 18.4 Å². The molecule has 0 saturated heterocycles. The number of nitro groups is 1.